The van der Waals surface area contributed by atoms with Crippen LogP contribution in [0.3, 0.4) is 0 Å². The van der Waals surface area contributed by atoms with Gasteiger partial charge in [-0.2, -0.15) is 0 Å². The SMILES string of the molecule is CN=C(NCCCCn1c(C)cccc1=O)N(C)Cc1ccc(OC)cc1. The zero-order valence-electron chi connectivity index (χ0n) is 16.7. The molecule has 0 radical (unpaired) electrons. The molecule has 0 saturated heterocycles. The lowest BCUT2D eigenvalue weighted by Crippen LogP contribution is -2.39. The van der Waals surface area contributed by atoms with E-state index in [-0.39, 0.29) is 5.56 Å². The Labute approximate surface area is 161 Å². The quantitative estimate of drug-likeness (QED) is 0.441. The third kappa shape index (κ3) is 6.16. The second-order valence-corrected chi connectivity index (χ2v) is 6.54. The summed E-state index contributed by atoms with van der Waals surface area (Å²) in [7, 11) is 5.48. The Morgan fingerprint density at radius 1 is 1.19 bits per heavy atom. The molecule has 0 unspecified atom stereocenters. The number of hydrogen-bond donors (Lipinski definition) is 1. The van der Waals surface area contributed by atoms with Crippen molar-refractivity contribution in [2.75, 3.05) is 27.7 Å². The number of benzene rings is 1. The predicted octanol–water partition coefficient (Wildman–Crippen LogP) is 2.65. The molecular formula is C21H30N4O2. The standard InChI is InChI=1S/C21H30N4O2/c1-17-8-7-9-20(26)25(17)15-6-5-14-23-21(22-2)24(3)16-18-10-12-19(27-4)13-11-18/h7-13H,5-6,14-16H2,1-4H3,(H,22,23). The van der Waals surface area contributed by atoms with Gasteiger partial charge in [0.1, 0.15) is 5.75 Å². The van der Waals surface area contributed by atoms with Crippen LogP contribution in [-0.2, 0) is 13.1 Å². The lowest BCUT2D eigenvalue weighted by atomic mass is 10.2. The van der Waals surface area contributed by atoms with Crippen LogP contribution in [0.25, 0.3) is 0 Å². The van der Waals surface area contributed by atoms with Gasteiger partial charge in [0.05, 0.1) is 7.11 Å². The summed E-state index contributed by atoms with van der Waals surface area (Å²) in [6.45, 7) is 4.30. The first-order valence-corrected chi connectivity index (χ1v) is 9.26. The molecule has 1 N–H and O–H groups in total. The van der Waals surface area contributed by atoms with E-state index in [1.807, 2.05) is 36.7 Å². The van der Waals surface area contributed by atoms with Gasteiger partial charge >= 0.3 is 0 Å². The van der Waals surface area contributed by atoms with Crippen molar-refractivity contribution in [3.05, 3.63) is 64.1 Å². The van der Waals surface area contributed by atoms with Crippen molar-refractivity contribution in [3.63, 3.8) is 0 Å². The fraction of sp³-hybridized carbons (Fsp3) is 0.429. The van der Waals surface area contributed by atoms with Gasteiger partial charge in [-0.3, -0.25) is 9.79 Å². The number of hydrogen-bond acceptors (Lipinski definition) is 3. The molecule has 0 aliphatic rings. The minimum absolute atomic E-state index is 0.0676. The fourth-order valence-corrected chi connectivity index (χ4v) is 2.97. The second-order valence-electron chi connectivity index (χ2n) is 6.54. The molecule has 6 heteroatoms. The number of aromatic nitrogens is 1. The molecule has 2 rings (SSSR count). The van der Waals surface area contributed by atoms with E-state index in [9.17, 15) is 4.79 Å². The van der Waals surface area contributed by atoms with E-state index in [1.54, 1.807) is 26.3 Å². The highest BCUT2D eigenvalue weighted by molar-refractivity contribution is 5.79. The van der Waals surface area contributed by atoms with Crippen molar-refractivity contribution < 1.29 is 4.74 Å². The van der Waals surface area contributed by atoms with E-state index in [0.29, 0.717) is 0 Å². The Kier molecular flexibility index (Phi) is 7.92. The van der Waals surface area contributed by atoms with E-state index >= 15 is 0 Å². The van der Waals surface area contributed by atoms with Crippen LogP contribution < -0.4 is 15.6 Å². The second kappa shape index (κ2) is 10.4. The van der Waals surface area contributed by atoms with Crippen molar-refractivity contribution in [1.82, 2.24) is 14.8 Å². The number of rotatable bonds is 8. The van der Waals surface area contributed by atoms with Gasteiger partial charge in [0.2, 0.25) is 0 Å². The molecule has 0 atom stereocenters. The van der Waals surface area contributed by atoms with Crippen LogP contribution >= 0.6 is 0 Å². The molecule has 1 aromatic carbocycles. The third-order valence-electron chi connectivity index (χ3n) is 4.51. The number of ether oxygens (including phenoxy) is 1. The topological polar surface area (TPSA) is 58.9 Å². The van der Waals surface area contributed by atoms with Crippen LogP contribution in [0.1, 0.15) is 24.1 Å². The summed E-state index contributed by atoms with van der Waals surface area (Å²) in [5.41, 5.74) is 2.27. The van der Waals surface area contributed by atoms with Crippen molar-refractivity contribution in [3.8, 4) is 5.75 Å². The number of unbranched alkanes of at least 4 members (excludes halogenated alkanes) is 1. The molecule has 6 nitrogen and oxygen atoms in total. The Hall–Kier alpha value is -2.76. The van der Waals surface area contributed by atoms with Crippen LogP contribution in [0.2, 0.25) is 0 Å². The molecule has 1 aromatic heterocycles. The summed E-state index contributed by atoms with van der Waals surface area (Å²) >= 11 is 0. The van der Waals surface area contributed by atoms with Crippen LogP contribution in [0.5, 0.6) is 5.75 Å². The van der Waals surface area contributed by atoms with Crippen molar-refractivity contribution in [2.45, 2.75) is 32.9 Å². The molecule has 0 amide bonds. The molecule has 0 aliphatic heterocycles. The Morgan fingerprint density at radius 2 is 1.93 bits per heavy atom. The molecule has 0 saturated carbocycles. The van der Waals surface area contributed by atoms with Gasteiger partial charge in [-0.25, -0.2) is 0 Å². The number of nitrogens with one attached hydrogen (secondary N) is 1. The Bertz CT molecular complexity index is 797. The van der Waals surface area contributed by atoms with Gasteiger partial charge in [-0.1, -0.05) is 18.2 Å². The number of nitrogens with zero attached hydrogens (tertiary/aromatic N) is 3. The van der Waals surface area contributed by atoms with Gasteiger partial charge < -0.3 is 19.5 Å². The molecule has 0 bridgehead atoms. The summed E-state index contributed by atoms with van der Waals surface area (Å²) in [4.78, 5) is 18.3. The summed E-state index contributed by atoms with van der Waals surface area (Å²) < 4.78 is 7.02. The zero-order chi connectivity index (χ0) is 19.6. The normalized spacial score (nSPS) is 11.3. The maximum absolute atomic E-state index is 11.9. The molecule has 1 heterocycles. The molecule has 0 spiro atoms. The molecular weight excluding hydrogens is 340 g/mol. The number of aryl methyl sites for hydroxylation is 1. The number of guanidine groups is 1. The highest BCUT2D eigenvalue weighted by atomic mass is 16.5. The van der Waals surface area contributed by atoms with Gasteiger partial charge in [0.25, 0.3) is 5.56 Å². The lowest BCUT2D eigenvalue weighted by molar-refractivity contribution is 0.414. The summed E-state index contributed by atoms with van der Waals surface area (Å²) in [6.07, 6.45) is 1.91. The van der Waals surface area contributed by atoms with Gasteiger partial charge in [0, 0.05) is 45.5 Å². The minimum atomic E-state index is 0.0676. The van der Waals surface area contributed by atoms with Crippen molar-refractivity contribution in [2.24, 2.45) is 4.99 Å². The first-order chi connectivity index (χ1) is 13.0. The van der Waals surface area contributed by atoms with Gasteiger partial charge in [-0.05, 0) is 43.5 Å². The molecule has 27 heavy (non-hydrogen) atoms. The highest BCUT2D eigenvalue weighted by Crippen LogP contribution is 2.12. The monoisotopic (exact) mass is 370 g/mol. The average Bonchev–Trinajstić information content (AvgIpc) is 2.67. The zero-order valence-corrected chi connectivity index (χ0v) is 16.7. The first-order valence-electron chi connectivity index (χ1n) is 9.26. The minimum Gasteiger partial charge on any atom is -0.497 e. The number of aliphatic imine (C=N–C) groups is 1. The van der Waals surface area contributed by atoms with Gasteiger partial charge in [0.15, 0.2) is 5.96 Å². The maximum atomic E-state index is 11.9. The lowest BCUT2D eigenvalue weighted by Gasteiger charge is -2.22. The summed E-state index contributed by atoms with van der Waals surface area (Å²) in [5, 5.41) is 3.39. The largest absolute Gasteiger partial charge is 0.497 e. The smallest absolute Gasteiger partial charge is 0.250 e. The first kappa shape index (κ1) is 20.6. The Balaban J connectivity index is 1.76. The molecule has 0 aliphatic carbocycles. The number of pyridine rings is 1. The van der Waals surface area contributed by atoms with Crippen molar-refractivity contribution >= 4 is 5.96 Å². The van der Waals surface area contributed by atoms with Crippen molar-refractivity contribution in [1.29, 1.82) is 0 Å². The summed E-state index contributed by atoms with van der Waals surface area (Å²) in [5.74, 6) is 1.72. The number of methoxy groups -OCH3 is 1. The predicted molar refractivity (Wildman–Crippen MR) is 110 cm³/mol. The van der Waals surface area contributed by atoms with E-state index in [2.05, 4.69) is 27.3 Å². The van der Waals surface area contributed by atoms with E-state index in [4.69, 9.17) is 4.74 Å². The van der Waals surface area contributed by atoms with E-state index in [1.165, 1.54) is 5.56 Å². The van der Waals surface area contributed by atoms with Crippen LogP contribution in [0.15, 0.2) is 52.3 Å². The Morgan fingerprint density at radius 3 is 2.56 bits per heavy atom. The third-order valence-corrected chi connectivity index (χ3v) is 4.51. The fourth-order valence-electron chi connectivity index (χ4n) is 2.97. The molecule has 2 aromatic rings. The van der Waals surface area contributed by atoms with E-state index < -0.39 is 0 Å². The van der Waals surface area contributed by atoms with Gasteiger partial charge in [-0.15, -0.1) is 0 Å². The average molecular weight is 370 g/mol. The van der Waals surface area contributed by atoms with Crippen LogP contribution in [0, 0.1) is 6.92 Å². The maximum Gasteiger partial charge on any atom is 0.250 e. The summed E-state index contributed by atoms with van der Waals surface area (Å²) in [6, 6.07) is 13.4. The van der Waals surface area contributed by atoms with E-state index in [0.717, 1.165) is 49.9 Å². The molecule has 146 valence electrons. The van der Waals surface area contributed by atoms with Crippen LogP contribution in [-0.4, -0.2) is 43.2 Å². The highest BCUT2D eigenvalue weighted by Gasteiger charge is 2.06. The van der Waals surface area contributed by atoms with Crippen LogP contribution in [0.4, 0.5) is 0 Å². The molecule has 0 fully saturated rings.